The lowest BCUT2D eigenvalue weighted by atomic mass is 10.1. The van der Waals surface area contributed by atoms with E-state index in [-0.39, 0.29) is 0 Å². The Morgan fingerprint density at radius 2 is 1.96 bits per heavy atom. The molecule has 0 saturated heterocycles. The van der Waals surface area contributed by atoms with Crippen LogP contribution in [0.1, 0.15) is 5.56 Å². The number of hydrogen-bond acceptors (Lipinski definition) is 6. The van der Waals surface area contributed by atoms with Crippen molar-refractivity contribution in [2.75, 3.05) is 6.54 Å². The average molecular weight is 370 g/mol. The van der Waals surface area contributed by atoms with Crippen molar-refractivity contribution in [3.05, 3.63) is 65.8 Å². The van der Waals surface area contributed by atoms with E-state index in [0.29, 0.717) is 6.54 Å². The predicted molar refractivity (Wildman–Crippen MR) is 109 cm³/mol. The Balaban J connectivity index is 1.66. The summed E-state index contributed by atoms with van der Waals surface area (Å²) in [5.41, 5.74) is 10.9. The number of imidazole rings is 1. The Morgan fingerprint density at radius 1 is 1.00 bits per heavy atom. The van der Waals surface area contributed by atoms with Crippen molar-refractivity contribution in [2.24, 2.45) is 5.10 Å². The molecule has 5 aromatic rings. The number of hydrogen-bond donors (Lipinski definition) is 2. The first-order chi connectivity index (χ1) is 13.4. The van der Waals surface area contributed by atoms with E-state index in [1.165, 1.54) is 4.70 Å². The van der Waals surface area contributed by atoms with Crippen molar-refractivity contribution in [1.82, 2.24) is 25.5 Å². The average Bonchev–Trinajstić information content (AvgIpc) is 3.47. The van der Waals surface area contributed by atoms with Crippen LogP contribution in [0.2, 0.25) is 0 Å². The normalized spacial score (nSPS) is 14.1. The molecule has 0 atom stereocenters. The summed E-state index contributed by atoms with van der Waals surface area (Å²) in [6.07, 6.45) is 1.86. The second-order valence-corrected chi connectivity index (χ2v) is 7.37. The number of hydrazine groups is 1. The zero-order chi connectivity index (χ0) is 17.8. The van der Waals surface area contributed by atoms with Crippen LogP contribution in [-0.2, 0) is 0 Å². The highest BCUT2D eigenvalue weighted by atomic mass is 32.1. The quantitative estimate of drug-likeness (QED) is 0.498. The van der Waals surface area contributed by atoms with E-state index >= 15 is 0 Å². The second kappa shape index (κ2) is 5.60. The smallest absolute Gasteiger partial charge is 0.147 e. The standard InChI is InChI=1S/C20H14N6S/c1-2-4-18-15(3-1)21-11-26(18)20-14-7-8-27-19(14)13-6-5-12(9-16(13)23-20)17-10-22-25-24-17/h1-9,11,22,25H,10H2. The zero-order valence-electron chi connectivity index (χ0n) is 14.2. The van der Waals surface area contributed by atoms with E-state index in [0.717, 1.165) is 44.4 Å². The third-order valence-corrected chi connectivity index (χ3v) is 5.86. The Hall–Kier alpha value is -3.29. The van der Waals surface area contributed by atoms with Gasteiger partial charge in [0.1, 0.15) is 12.1 Å². The molecule has 0 fully saturated rings. The highest BCUT2D eigenvalue weighted by Crippen LogP contribution is 2.34. The number of para-hydroxylation sites is 2. The van der Waals surface area contributed by atoms with E-state index in [2.05, 4.69) is 61.3 Å². The summed E-state index contributed by atoms with van der Waals surface area (Å²) >= 11 is 1.74. The van der Waals surface area contributed by atoms with Gasteiger partial charge < -0.3 is 0 Å². The third-order valence-electron chi connectivity index (χ3n) is 4.92. The first kappa shape index (κ1) is 14.8. The van der Waals surface area contributed by atoms with Gasteiger partial charge in [0.15, 0.2) is 0 Å². The van der Waals surface area contributed by atoms with Crippen LogP contribution in [0.5, 0.6) is 0 Å². The van der Waals surface area contributed by atoms with Crippen molar-refractivity contribution < 1.29 is 0 Å². The molecule has 0 saturated carbocycles. The summed E-state index contributed by atoms with van der Waals surface area (Å²) in [6, 6.07) is 16.6. The molecule has 2 N–H and O–H groups in total. The van der Waals surface area contributed by atoms with E-state index in [4.69, 9.17) is 4.98 Å². The maximum atomic E-state index is 5.03. The van der Waals surface area contributed by atoms with Gasteiger partial charge in [-0.1, -0.05) is 24.3 Å². The summed E-state index contributed by atoms with van der Waals surface area (Å²) in [7, 11) is 0. The molecular formula is C20H14N6S. The molecular weight excluding hydrogens is 356 g/mol. The van der Waals surface area contributed by atoms with Gasteiger partial charge in [0.2, 0.25) is 0 Å². The van der Waals surface area contributed by atoms with E-state index in [1.54, 1.807) is 11.3 Å². The molecule has 4 heterocycles. The van der Waals surface area contributed by atoms with Gasteiger partial charge in [0.25, 0.3) is 0 Å². The molecule has 27 heavy (non-hydrogen) atoms. The molecule has 1 aliphatic rings. The number of nitrogens with one attached hydrogen (secondary N) is 2. The van der Waals surface area contributed by atoms with E-state index < -0.39 is 0 Å². The first-order valence-corrected chi connectivity index (χ1v) is 9.55. The molecule has 7 heteroatoms. The number of fused-ring (bicyclic) bond motifs is 4. The minimum absolute atomic E-state index is 0.700. The molecule has 0 radical (unpaired) electrons. The van der Waals surface area contributed by atoms with E-state index in [1.807, 2.05) is 24.5 Å². The van der Waals surface area contributed by atoms with Crippen molar-refractivity contribution in [3.8, 4) is 5.82 Å². The van der Waals surface area contributed by atoms with Gasteiger partial charge in [-0.3, -0.25) is 4.57 Å². The number of pyridine rings is 1. The highest BCUT2D eigenvalue weighted by molar-refractivity contribution is 7.18. The Morgan fingerprint density at radius 3 is 2.89 bits per heavy atom. The molecule has 0 bridgehead atoms. The van der Waals surface area contributed by atoms with Crippen LogP contribution in [0, 0.1) is 0 Å². The minimum atomic E-state index is 0.700. The number of thiophene rings is 1. The lowest BCUT2D eigenvalue weighted by molar-refractivity contribution is 0.653. The third kappa shape index (κ3) is 2.19. The predicted octanol–water partition coefficient (Wildman–Crippen LogP) is 3.60. The molecule has 6 nitrogen and oxygen atoms in total. The lowest BCUT2D eigenvalue weighted by Gasteiger charge is -2.09. The number of rotatable bonds is 2. The second-order valence-electron chi connectivity index (χ2n) is 6.46. The molecule has 0 amide bonds. The van der Waals surface area contributed by atoms with Crippen molar-refractivity contribution in [1.29, 1.82) is 0 Å². The zero-order valence-corrected chi connectivity index (χ0v) is 15.0. The van der Waals surface area contributed by atoms with Crippen LogP contribution in [-0.4, -0.2) is 26.8 Å². The van der Waals surface area contributed by atoms with Gasteiger partial charge >= 0.3 is 0 Å². The Bertz CT molecular complexity index is 1360. The lowest BCUT2D eigenvalue weighted by Crippen LogP contribution is -2.22. The van der Waals surface area contributed by atoms with Crippen LogP contribution >= 0.6 is 11.3 Å². The summed E-state index contributed by atoms with van der Waals surface area (Å²) in [5.74, 6) is 0.911. The summed E-state index contributed by atoms with van der Waals surface area (Å²) in [5, 5.41) is 8.72. The highest BCUT2D eigenvalue weighted by Gasteiger charge is 2.15. The summed E-state index contributed by atoms with van der Waals surface area (Å²) in [6.45, 7) is 0.700. The van der Waals surface area contributed by atoms with Crippen molar-refractivity contribution >= 4 is 49.1 Å². The fourth-order valence-electron chi connectivity index (χ4n) is 3.61. The van der Waals surface area contributed by atoms with Crippen LogP contribution < -0.4 is 11.0 Å². The largest absolute Gasteiger partial charge is 0.282 e. The fraction of sp³-hybridized carbons (Fsp3) is 0.0500. The Kier molecular flexibility index (Phi) is 3.08. The minimum Gasteiger partial charge on any atom is -0.282 e. The SMILES string of the molecule is c1ccc2c(c1)ncn2-c1nc2cc(C3=NNNC3)ccc2c2sccc12. The summed E-state index contributed by atoms with van der Waals surface area (Å²) < 4.78 is 3.32. The molecule has 0 unspecified atom stereocenters. The maximum absolute atomic E-state index is 5.03. The number of benzene rings is 2. The van der Waals surface area contributed by atoms with Crippen molar-refractivity contribution in [3.63, 3.8) is 0 Å². The maximum Gasteiger partial charge on any atom is 0.147 e. The number of nitrogens with zero attached hydrogens (tertiary/aromatic N) is 4. The van der Waals surface area contributed by atoms with E-state index in [9.17, 15) is 0 Å². The Labute approximate surface area is 158 Å². The van der Waals surface area contributed by atoms with Crippen LogP contribution in [0.25, 0.3) is 37.8 Å². The van der Waals surface area contributed by atoms with Gasteiger partial charge in [-0.25, -0.2) is 20.9 Å². The monoisotopic (exact) mass is 370 g/mol. The molecule has 6 rings (SSSR count). The molecule has 1 aliphatic heterocycles. The molecule has 0 spiro atoms. The van der Waals surface area contributed by atoms with Gasteiger partial charge in [-0.2, -0.15) is 5.10 Å². The van der Waals surface area contributed by atoms with Gasteiger partial charge in [0.05, 0.1) is 28.8 Å². The van der Waals surface area contributed by atoms with Gasteiger partial charge in [-0.05, 0) is 29.6 Å². The fourth-order valence-corrected chi connectivity index (χ4v) is 4.54. The molecule has 3 aromatic heterocycles. The van der Waals surface area contributed by atoms with Gasteiger partial charge in [-0.15, -0.1) is 11.3 Å². The number of hydrazone groups is 1. The topological polar surface area (TPSA) is 67.1 Å². The molecule has 130 valence electrons. The number of aromatic nitrogens is 3. The first-order valence-electron chi connectivity index (χ1n) is 8.67. The molecule has 0 aliphatic carbocycles. The van der Waals surface area contributed by atoms with Gasteiger partial charge in [0, 0.05) is 21.0 Å². The van der Waals surface area contributed by atoms with Crippen LogP contribution in [0.4, 0.5) is 0 Å². The van der Waals surface area contributed by atoms with Crippen LogP contribution in [0.3, 0.4) is 0 Å². The van der Waals surface area contributed by atoms with Crippen molar-refractivity contribution in [2.45, 2.75) is 0 Å². The summed E-state index contributed by atoms with van der Waals surface area (Å²) in [4.78, 5) is 9.57. The molecule has 2 aromatic carbocycles. The van der Waals surface area contributed by atoms with Crippen LogP contribution in [0.15, 0.2) is 65.3 Å².